The second kappa shape index (κ2) is 7.39. The van der Waals surface area contributed by atoms with Crippen LogP contribution in [0, 0.1) is 0 Å². The fraction of sp³-hybridized carbons (Fsp3) is 0.312. The Balaban J connectivity index is 1.91. The molecule has 0 aliphatic heterocycles. The van der Waals surface area contributed by atoms with Crippen LogP contribution in [-0.4, -0.2) is 33.7 Å². The summed E-state index contributed by atoms with van der Waals surface area (Å²) in [6, 6.07) is 9.98. The number of amides is 1. The van der Waals surface area contributed by atoms with Gasteiger partial charge in [-0.3, -0.25) is 9.10 Å². The molecule has 0 aliphatic rings. The van der Waals surface area contributed by atoms with Gasteiger partial charge in [-0.2, -0.15) is 0 Å². The first kappa shape index (κ1) is 17.9. The van der Waals surface area contributed by atoms with Gasteiger partial charge in [-0.1, -0.05) is 0 Å². The predicted octanol–water partition coefficient (Wildman–Crippen LogP) is 1.76. The zero-order valence-corrected chi connectivity index (χ0v) is 14.5. The fourth-order valence-corrected chi connectivity index (χ4v) is 2.42. The summed E-state index contributed by atoms with van der Waals surface area (Å²) in [7, 11) is -1.85. The van der Waals surface area contributed by atoms with E-state index in [1.165, 1.54) is 13.3 Å². The highest BCUT2D eigenvalue weighted by Gasteiger charge is 2.16. The van der Waals surface area contributed by atoms with Gasteiger partial charge in [-0.15, -0.1) is 0 Å². The van der Waals surface area contributed by atoms with Gasteiger partial charge in [0.2, 0.25) is 10.0 Å². The first-order valence-electron chi connectivity index (χ1n) is 7.28. The summed E-state index contributed by atoms with van der Waals surface area (Å²) in [6.07, 6.45) is 1.97. The van der Waals surface area contributed by atoms with Gasteiger partial charge < -0.3 is 14.5 Å². The Bertz CT molecular complexity index is 769. The lowest BCUT2D eigenvalue weighted by Gasteiger charge is -2.18. The topological polar surface area (TPSA) is 88.8 Å². The van der Waals surface area contributed by atoms with Gasteiger partial charge in [0.05, 0.1) is 24.8 Å². The van der Waals surface area contributed by atoms with Crippen LogP contribution in [0.1, 0.15) is 12.7 Å². The molecule has 1 aromatic carbocycles. The minimum Gasteiger partial charge on any atom is -0.481 e. The van der Waals surface area contributed by atoms with E-state index in [1.54, 1.807) is 43.3 Å². The van der Waals surface area contributed by atoms with Crippen LogP contribution in [0.2, 0.25) is 0 Å². The van der Waals surface area contributed by atoms with E-state index < -0.39 is 16.1 Å². The average Bonchev–Trinajstić information content (AvgIpc) is 3.05. The number of furan rings is 1. The summed E-state index contributed by atoms with van der Waals surface area (Å²) >= 11 is 0. The molecule has 1 aromatic heterocycles. The third-order valence-corrected chi connectivity index (χ3v) is 4.60. The van der Waals surface area contributed by atoms with Crippen molar-refractivity contribution >= 4 is 21.6 Å². The predicted molar refractivity (Wildman–Crippen MR) is 90.3 cm³/mol. The standard InChI is InChI=1S/C16H20N2O5S/c1-12(16(19)17-11-15-5-4-10-22-15)23-14-8-6-13(7-9-14)18(2)24(3,20)21/h4-10,12H,11H2,1-3H3,(H,17,19). The summed E-state index contributed by atoms with van der Waals surface area (Å²) in [5, 5.41) is 2.71. The highest BCUT2D eigenvalue weighted by atomic mass is 32.2. The highest BCUT2D eigenvalue weighted by Crippen LogP contribution is 2.21. The number of carbonyl (C=O) groups excluding carboxylic acids is 1. The lowest BCUT2D eigenvalue weighted by molar-refractivity contribution is -0.127. The van der Waals surface area contributed by atoms with Gasteiger partial charge in [0.15, 0.2) is 6.10 Å². The highest BCUT2D eigenvalue weighted by molar-refractivity contribution is 7.92. The van der Waals surface area contributed by atoms with Crippen molar-refractivity contribution in [2.45, 2.75) is 19.6 Å². The quantitative estimate of drug-likeness (QED) is 0.820. The number of carbonyl (C=O) groups is 1. The zero-order chi connectivity index (χ0) is 17.7. The first-order valence-corrected chi connectivity index (χ1v) is 9.13. The zero-order valence-electron chi connectivity index (χ0n) is 13.7. The molecule has 0 bridgehead atoms. The maximum absolute atomic E-state index is 12.0. The van der Waals surface area contributed by atoms with Crippen LogP contribution in [0.25, 0.3) is 0 Å². The number of benzene rings is 1. The number of rotatable bonds is 7. The Morgan fingerprint density at radius 2 is 1.96 bits per heavy atom. The van der Waals surface area contributed by atoms with E-state index in [0.717, 1.165) is 10.6 Å². The molecule has 130 valence electrons. The van der Waals surface area contributed by atoms with Gasteiger partial charge in [0, 0.05) is 7.05 Å². The van der Waals surface area contributed by atoms with Crippen LogP contribution in [0.15, 0.2) is 47.1 Å². The minimum atomic E-state index is -3.31. The molecule has 1 unspecified atom stereocenters. The number of hydrogen-bond donors (Lipinski definition) is 1. The molecule has 0 fully saturated rings. The molecule has 2 rings (SSSR count). The molecular formula is C16H20N2O5S. The average molecular weight is 352 g/mol. The lowest BCUT2D eigenvalue weighted by Crippen LogP contribution is -2.35. The molecule has 24 heavy (non-hydrogen) atoms. The van der Waals surface area contributed by atoms with Crippen molar-refractivity contribution in [2.24, 2.45) is 0 Å². The van der Waals surface area contributed by atoms with Crippen molar-refractivity contribution < 1.29 is 22.4 Å². The van der Waals surface area contributed by atoms with Gasteiger partial charge in [-0.05, 0) is 43.3 Å². The van der Waals surface area contributed by atoms with Crippen LogP contribution in [-0.2, 0) is 21.4 Å². The molecule has 1 heterocycles. The van der Waals surface area contributed by atoms with Crippen molar-refractivity contribution in [3.8, 4) is 5.75 Å². The molecule has 0 saturated carbocycles. The van der Waals surface area contributed by atoms with E-state index in [0.29, 0.717) is 17.2 Å². The van der Waals surface area contributed by atoms with Crippen molar-refractivity contribution in [3.05, 3.63) is 48.4 Å². The Hall–Kier alpha value is -2.48. The third-order valence-electron chi connectivity index (χ3n) is 3.40. The van der Waals surface area contributed by atoms with Gasteiger partial charge in [-0.25, -0.2) is 8.42 Å². The molecule has 0 saturated heterocycles. The van der Waals surface area contributed by atoms with Gasteiger partial charge in [0.1, 0.15) is 11.5 Å². The molecule has 1 atom stereocenters. The number of nitrogens with zero attached hydrogens (tertiary/aromatic N) is 1. The second-order valence-corrected chi connectivity index (χ2v) is 7.30. The molecule has 0 aliphatic carbocycles. The number of anilines is 1. The Kier molecular flexibility index (Phi) is 5.50. The molecular weight excluding hydrogens is 332 g/mol. The Labute approximate surface area is 141 Å². The Morgan fingerprint density at radius 1 is 1.29 bits per heavy atom. The summed E-state index contributed by atoms with van der Waals surface area (Å²) in [5.74, 6) is 0.855. The van der Waals surface area contributed by atoms with Crippen molar-refractivity contribution in [1.82, 2.24) is 5.32 Å². The normalized spacial score (nSPS) is 12.5. The van der Waals surface area contributed by atoms with E-state index in [2.05, 4.69) is 5.32 Å². The molecule has 2 aromatic rings. The summed E-state index contributed by atoms with van der Waals surface area (Å²) in [4.78, 5) is 12.0. The van der Waals surface area contributed by atoms with Crippen LogP contribution >= 0.6 is 0 Å². The number of nitrogens with one attached hydrogen (secondary N) is 1. The first-order chi connectivity index (χ1) is 11.3. The van der Waals surface area contributed by atoms with Gasteiger partial charge >= 0.3 is 0 Å². The number of ether oxygens (including phenoxy) is 1. The maximum Gasteiger partial charge on any atom is 0.261 e. The molecule has 1 amide bonds. The SMILES string of the molecule is CC(Oc1ccc(N(C)S(C)(=O)=O)cc1)C(=O)NCc1ccco1. The van der Waals surface area contributed by atoms with Crippen LogP contribution in [0.3, 0.4) is 0 Å². The fourth-order valence-electron chi connectivity index (χ4n) is 1.91. The molecule has 0 radical (unpaired) electrons. The lowest BCUT2D eigenvalue weighted by atomic mass is 10.3. The van der Waals surface area contributed by atoms with E-state index in [-0.39, 0.29) is 12.5 Å². The summed E-state index contributed by atoms with van der Waals surface area (Å²) in [5.41, 5.74) is 0.514. The number of sulfonamides is 1. The molecule has 8 heteroatoms. The third kappa shape index (κ3) is 4.76. The van der Waals surface area contributed by atoms with E-state index in [1.807, 2.05) is 0 Å². The van der Waals surface area contributed by atoms with Crippen molar-refractivity contribution in [3.63, 3.8) is 0 Å². The molecule has 1 N–H and O–H groups in total. The monoisotopic (exact) mass is 352 g/mol. The van der Waals surface area contributed by atoms with Crippen LogP contribution < -0.4 is 14.4 Å². The van der Waals surface area contributed by atoms with E-state index in [4.69, 9.17) is 9.15 Å². The molecule has 7 nitrogen and oxygen atoms in total. The van der Waals surface area contributed by atoms with Crippen LogP contribution in [0.5, 0.6) is 5.75 Å². The summed E-state index contributed by atoms with van der Waals surface area (Å²) < 4.78 is 34.8. The summed E-state index contributed by atoms with van der Waals surface area (Å²) in [6.45, 7) is 1.92. The van der Waals surface area contributed by atoms with Crippen LogP contribution in [0.4, 0.5) is 5.69 Å². The maximum atomic E-state index is 12.0. The Morgan fingerprint density at radius 3 is 2.50 bits per heavy atom. The van der Waals surface area contributed by atoms with Gasteiger partial charge in [0.25, 0.3) is 5.91 Å². The largest absolute Gasteiger partial charge is 0.481 e. The smallest absolute Gasteiger partial charge is 0.261 e. The second-order valence-electron chi connectivity index (χ2n) is 5.28. The minimum absolute atomic E-state index is 0.274. The van der Waals surface area contributed by atoms with Crippen molar-refractivity contribution in [2.75, 3.05) is 17.6 Å². The van der Waals surface area contributed by atoms with E-state index in [9.17, 15) is 13.2 Å². The van der Waals surface area contributed by atoms with E-state index >= 15 is 0 Å². The molecule has 0 spiro atoms. The van der Waals surface area contributed by atoms with Crippen molar-refractivity contribution in [1.29, 1.82) is 0 Å². The number of hydrogen-bond acceptors (Lipinski definition) is 5.